The Labute approximate surface area is 367 Å². The highest BCUT2D eigenvalue weighted by atomic mass is 16.6. The number of ether oxygens (including phenoxy) is 5. The van der Waals surface area contributed by atoms with Crippen LogP contribution in [0.4, 0.5) is 0 Å². The lowest BCUT2D eigenvalue weighted by atomic mass is 9.44. The molecule has 2 saturated heterocycles. The van der Waals surface area contributed by atoms with Crippen molar-refractivity contribution in [3.8, 4) is 23.3 Å². The number of nitrogens with zero attached hydrogens (tertiary/aromatic N) is 4. The molecule has 5 aliphatic heterocycles. The molecule has 0 radical (unpaired) electrons. The van der Waals surface area contributed by atoms with Gasteiger partial charge >= 0.3 is 5.97 Å². The van der Waals surface area contributed by atoms with Gasteiger partial charge in [0.05, 0.1) is 35.6 Å². The van der Waals surface area contributed by atoms with E-state index in [4.69, 9.17) is 23.7 Å². The lowest BCUT2D eigenvalue weighted by Crippen LogP contribution is -2.76. The minimum Gasteiger partial charge on any atom is -0.491 e. The van der Waals surface area contributed by atoms with Gasteiger partial charge in [0.25, 0.3) is 0 Å². The summed E-state index contributed by atoms with van der Waals surface area (Å²) in [6.07, 6.45) is 13.0. The van der Waals surface area contributed by atoms with E-state index in [-0.39, 0.29) is 24.0 Å². The second kappa shape index (κ2) is 15.8. The molecule has 1 aromatic carbocycles. The molecule has 3 saturated carbocycles. The molecule has 3 aliphatic carbocycles. The van der Waals surface area contributed by atoms with E-state index in [1.807, 2.05) is 25.8 Å². The van der Waals surface area contributed by atoms with Crippen LogP contribution >= 0.6 is 0 Å². The predicted molar refractivity (Wildman–Crippen MR) is 239 cm³/mol. The Morgan fingerprint density at radius 1 is 1.02 bits per heavy atom. The number of allylic oxidation sites excluding steroid dienone is 4. The number of nitrogens with one attached hydrogen (secondary N) is 1. The monoisotopic (exact) mass is 847 g/mol. The summed E-state index contributed by atoms with van der Waals surface area (Å²) in [6, 6.07) is 2.46. The Kier molecular flexibility index (Phi) is 11.2. The summed E-state index contributed by atoms with van der Waals surface area (Å²) >= 11 is 0. The van der Waals surface area contributed by atoms with Gasteiger partial charge in [0, 0.05) is 80.7 Å². The first kappa shape index (κ1) is 43.9. The molecule has 0 amide bonds. The molecule has 0 aromatic heterocycles. The molecule has 7 unspecified atom stereocenters. The first-order chi connectivity index (χ1) is 29.3. The third-order valence-electron chi connectivity index (χ3n) is 14.8. The first-order valence-corrected chi connectivity index (χ1v) is 22.4. The van der Waals surface area contributed by atoms with Crippen LogP contribution in [0.1, 0.15) is 97.8 Å². The van der Waals surface area contributed by atoms with E-state index in [1.54, 1.807) is 13.0 Å². The van der Waals surface area contributed by atoms with Crippen LogP contribution in [-0.2, 0) is 25.5 Å². The van der Waals surface area contributed by atoms with Crippen molar-refractivity contribution in [2.24, 2.45) is 23.7 Å². The van der Waals surface area contributed by atoms with Crippen molar-refractivity contribution in [1.29, 1.82) is 10.7 Å². The Morgan fingerprint density at radius 2 is 1.73 bits per heavy atom. The van der Waals surface area contributed by atoms with Crippen LogP contribution in [0.25, 0.3) is 11.8 Å². The predicted octanol–water partition coefficient (Wildman–Crippen LogP) is 7.53. The van der Waals surface area contributed by atoms with Crippen molar-refractivity contribution < 1.29 is 33.3 Å². The standard InChI is InChI=1S/C50H65N5O7/c1-29(2)13-12-18-48(8)19-17-33-41(60-48)32(15-14-30(3)4)43-38(42(33)59-26-25-55-23-21-53(9)22-24-55)40-39-37(35(28-51)45(52)54(40)10)34-27-36-47(6,7)62-49(44(34)56,50(36,39)61-43)20-16-31(5)46(57)58-11/h13-14,16-17,19,34-37,52H,12,15,18,20-27H2,1-11H3. The molecule has 1 aromatic rings. The summed E-state index contributed by atoms with van der Waals surface area (Å²) in [5, 5.41) is 20.5. The molecule has 332 valence electrons. The average Bonchev–Trinajstić information content (AvgIpc) is 3.37. The van der Waals surface area contributed by atoms with Crippen molar-refractivity contribution in [1.82, 2.24) is 14.7 Å². The third-order valence-corrected chi connectivity index (χ3v) is 14.8. The van der Waals surface area contributed by atoms with E-state index in [2.05, 4.69) is 81.8 Å². The number of hydrogen-bond acceptors (Lipinski definition) is 11. The third kappa shape index (κ3) is 6.67. The number of Topliss-reactive ketones (excluding diaryl/α,β-unsaturated/α-hetero) is 1. The number of piperazine rings is 1. The maximum Gasteiger partial charge on any atom is 0.333 e. The van der Waals surface area contributed by atoms with Crippen molar-refractivity contribution >= 4 is 29.4 Å². The summed E-state index contributed by atoms with van der Waals surface area (Å²) in [5.41, 5.74) is 2.20. The zero-order valence-electron chi connectivity index (χ0n) is 38.6. The fourth-order valence-corrected chi connectivity index (χ4v) is 11.6. The van der Waals surface area contributed by atoms with Gasteiger partial charge in [0.1, 0.15) is 41.2 Å². The number of likely N-dealkylation sites (N-methyl/N-ethyl adjacent to an activating group) is 1. The Bertz CT molecular complexity index is 2280. The normalized spacial score (nSPS) is 31.6. The van der Waals surface area contributed by atoms with E-state index >= 15 is 4.79 Å². The second-order valence-electron chi connectivity index (χ2n) is 19.9. The number of amidine groups is 1. The van der Waals surface area contributed by atoms with Crippen LogP contribution in [-0.4, -0.2) is 115 Å². The molecular weight excluding hydrogens is 783 g/mol. The van der Waals surface area contributed by atoms with Crippen molar-refractivity contribution in [3.05, 3.63) is 63.3 Å². The van der Waals surface area contributed by atoms with Gasteiger partial charge in [0.15, 0.2) is 17.0 Å². The number of hydrogen-bond donors (Lipinski definition) is 1. The highest BCUT2D eigenvalue weighted by molar-refractivity contribution is 6.06. The van der Waals surface area contributed by atoms with Gasteiger partial charge in [0.2, 0.25) is 0 Å². The number of carbonyl (C=O) groups excluding carboxylic acids is 2. The molecule has 9 rings (SSSR count). The highest BCUT2D eigenvalue weighted by Gasteiger charge is 2.84. The minimum atomic E-state index is -1.56. The number of rotatable bonds is 12. The Morgan fingerprint density at radius 3 is 2.39 bits per heavy atom. The number of methoxy groups -OCH3 is 1. The summed E-state index contributed by atoms with van der Waals surface area (Å²) in [6.45, 7) is 21.2. The maximum absolute atomic E-state index is 15.5. The molecule has 12 nitrogen and oxygen atoms in total. The van der Waals surface area contributed by atoms with E-state index in [1.165, 1.54) is 12.7 Å². The molecule has 4 bridgehead atoms. The molecule has 1 spiro atoms. The van der Waals surface area contributed by atoms with Gasteiger partial charge < -0.3 is 33.5 Å². The van der Waals surface area contributed by atoms with Crippen LogP contribution in [0.5, 0.6) is 17.2 Å². The zero-order valence-corrected chi connectivity index (χ0v) is 38.6. The summed E-state index contributed by atoms with van der Waals surface area (Å²) in [4.78, 5) is 35.0. The zero-order chi connectivity index (χ0) is 44.7. The lowest BCUT2D eigenvalue weighted by molar-refractivity contribution is -0.183. The van der Waals surface area contributed by atoms with Gasteiger partial charge in [-0.05, 0) is 100 Å². The number of benzene rings is 1. The fourth-order valence-electron chi connectivity index (χ4n) is 11.6. The number of carbonyl (C=O) groups is 2. The van der Waals surface area contributed by atoms with Gasteiger partial charge in [-0.25, -0.2) is 4.79 Å². The minimum absolute atomic E-state index is 0.0602. The average molecular weight is 848 g/mol. The van der Waals surface area contributed by atoms with E-state index in [0.717, 1.165) is 73.5 Å². The summed E-state index contributed by atoms with van der Waals surface area (Å²) in [7, 11) is 5.35. The number of nitriles is 1. The number of ketones is 1. The fraction of sp³-hybridized carbons (Fsp3) is 0.600. The van der Waals surface area contributed by atoms with E-state index < -0.39 is 46.1 Å². The van der Waals surface area contributed by atoms with Crippen LogP contribution < -0.4 is 14.2 Å². The van der Waals surface area contributed by atoms with E-state index in [0.29, 0.717) is 47.8 Å². The molecule has 5 heterocycles. The molecular formula is C50H65N5O7. The number of fused-ring (bicyclic) bond motifs is 3. The highest BCUT2D eigenvalue weighted by Crippen LogP contribution is 2.74. The van der Waals surface area contributed by atoms with Gasteiger partial charge in [-0.1, -0.05) is 29.4 Å². The van der Waals surface area contributed by atoms with Crippen LogP contribution in [0.3, 0.4) is 0 Å². The van der Waals surface area contributed by atoms with Gasteiger partial charge in [-0.3, -0.25) is 15.1 Å². The van der Waals surface area contributed by atoms with Gasteiger partial charge in [-0.2, -0.15) is 5.26 Å². The molecule has 1 N–H and O–H groups in total. The van der Waals surface area contributed by atoms with Gasteiger partial charge in [-0.15, -0.1) is 0 Å². The summed E-state index contributed by atoms with van der Waals surface area (Å²) < 4.78 is 34.6. The molecule has 62 heavy (non-hydrogen) atoms. The molecule has 8 aliphatic rings. The molecule has 5 fully saturated rings. The van der Waals surface area contributed by atoms with Crippen LogP contribution in [0.2, 0.25) is 0 Å². The van der Waals surface area contributed by atoms with Crippen LogP contribution in [0, 0.1) is 40.4 Å². The summed E-state index contributed by atoms with van der Waals surface area (Å²) in [5.74, 6) is -1.12. The van der Waals surface area contributed by atoms with Crippen molar-refractivity contribution in [3.63, 3.8) is 0 Å². The maximum atomic E-state index is 15.5. The smallest absolute Gasteiger partial charge is 0.333 e. The SMILES string of the molecule is COC(=O)C(C)=CCC12OC(C)(C)C3CC(C1=O)C1C4=C(c5c(OCCN6CCN(C)CC6)c6c(c(CC=C(C)C)c5OC432)OC(C)(CCC=C(C)C)C=C6)N(C)C(=N)C1C#N. The molecule has 7 atom stereocenters. The first-order valence-electron chi connectivity index (χ1n) is 22.4. The number of esters is 1. The second-order valence-corrected chi connectivity index (χ2v) is 19.9. The van der Waals surface area contributed by atoms with E-state index in [9.17, 15) is 15.5 Å². The Hall–Kier alpha value is -4.70. The largest absolute Gasteiger partial charge is 0.491 e. The quantitative estimate of drug-likeness (QED) is 0.127. The van der Waals surface area contributed by atoms with Crippen LogP contribution in [0.15, 0.2) is 46.6 Å². The molecule has 12 heteroatoms. The Balaban J connectivity index is 1.42. The van der Waals surface area contributed by atoms with Crippen molar-refractivity contribution in [2.75, 3.05) is 60.5 Å². The lowest BCUT2D eigenvalue weighted by Gasteiger charge is -2.64. The van der Waals surface area contributed by atoms with Crippen molar-refractivity contribution in [2.45, 2.75) is 110 Å². The topological polar surface area (TPSA) is 138 Å².